The number of hydrogen-bond acceptors (Lipinski definition) is 4. The molecule has 3 aromatic rings. The van der Waals surface area contributed by atoms with Crippen LogP contribution in [0.3, 0.4) is 0 Å². The van der Waals surface area contributed by atoms with Crippen LogP contribution in [0.5, 0.6) is 0 Å². The van der Waals surface area contributed by atoms with Crippen LogP contribution in [-0.4, -0.2) is 30.0 Å². The maximum absolute atomic E-state index is 12.7. The molecule has 1 heterocycles. The number of aromatic nitrogens is 1. The number of nitrogens with zero attached hydrogens (tertiary/aromatic N) is 1. The van der Waals surface area contributed by atoms with E-state index in [9.17, 15) is 9.59 Å². The fourth-order valence-electron chi connectivity index (χ4n) is 2.70. The average molecular weight is 403 g/mol. The van der Waals surface area contributed by atoms with E-state index in [1.165, 1.54) is 13.3 Å². The highest BCUT2D eigenvalue weighted by Crippen LogP contribution is 2.26. The number of carbonyl (C=O) groups excluding carboxylic acids is 2. The third-order valence-corrected chi connectivity index (χ3v) is 4.82. The highest BCUT2D eigenvalue weighted by molar-refractivity contribution is 6.36. The molecule has 1 amide bonds. The number of amides is 1. The molecule has 0 aliphatic heterocycles. The molecule has 0 radical (unpaired) electrons. The molecule has 0 fully saturated rings. The first-order valence-corrected chi connectivity index (χ1v) is 8.91. The van der Waals surface area contributed by atoms with Crippen molar-refractivity contribution in [1.29, 1.82) is 0 Å². The standard InChI is InChI=1S/C20H16Cl2N2O3/c1-27-20(26)18(10-14-15(21)6-4-7-16(14)22)24-19(25)13-9-12-5-2-3-8-17(12)23-11-13/h2-9,11,18H,10H2,1H3,(H,24,25)/t18-/m0/s1. The smallest absolute Gasteiger partial charge is 0.328 e. The predicted octanol–water partition coefficient (Wildman–Crippen LogP) is 4.06. The number of carbonyl (C=O) groups is 2. The molecule has 0 aliphatic carbocycles. The Morgan fingerprint density at radius 3 is 2.52 bits per heavy atom. The van der Waals surface area contributed by atoms with E-state index in [0.717, 1.165) is 10.9 Å². The summed E-state index contributed by atoms with van der Waals surface area (Å²) in [4.78, 5) is 29.1. The number of methoxy groups -OCH3 is 1. The highest BCUT2D eigenvalue weighted by Gasteiger charge is 2.25. The van der Waals surface area contributed by atoms with Gasteiger partial charge in [0.05, 0.1) is 18.2 Å². The number of nitrogens with one attached hydrogen (secondary N) is 1. The first-order chi connectivity index (χ1) is 13.0. The molecule has 7 heteroatoms. The molecule has 1 aromatic heterocycles. The van der Waals surface area contributed by atoms with E-state index in [1.807, 2.05) is 24.3 Å². The van der Waals surface area contributed by atoms with Crippen LogP contribution in [0, 0.1) is 0 Å². The van der Waals surface area contributed by atoms with Gasteiger partial charge in [-0.1, -0.05) is 47.5 Å². The largest absolute Gasteiger partial charge is 0.467 e. The van der Waals surface area contributed by atoms with Gasteiger partial charge in [0.15, 0.2) is 0 Å². The minimum Gasteiger partial charge on any atom is -0.467 e. The monoisotopic (exact) mass is 402 g/mol. The van der Waals surface area contributed by atoms with E-state index < -0.39 is 17.9 Å². The Kier molecular flexibility index (Phi) is 5.94. The molecule has 5 nitrogen and oxygen atoms in total. The predicted molar refractivity (Wildman–Crippen MR) is 105 cm³/mol. The second-order valence-electron chi connectivity index (χ2n) is 5.87. The van der Waals surface area contributed by atoms with Gasteiger partial charge >= 0.3 is 5.97 Å². The van der Waals surface area contributed by atoms with Crippen molar-refractivity contribution in [2.45, 2.75) is 12.5 Å². The van der Waals surface area contributed by atoms with Crippen LogP contribution in [0.4, 0.5) is 0 Å². The molecule has 138 valence electrons. The maximum Gasteiger partial charge on any atom is 0.328 e. The van der Waals surface area contributed by atoms with E-state index in [0.29, 0.717) is 21.2 Å². The van der Waals surface area contributed by atoms with Crippen LogP contribution in [0.15, 0.2) is 54.7 Å². The van der Waals surface area contributed by atoms with Crippen molar-refractivity contribution in [2.24, 2.45) is 0 Å². The third kappa shape index (κ3) is 4.38. The van der Waals surface area contributed by atoms with Crippen LogP contribution in [0.1, 0.15) is 15.9 Å². The summed E-state index contributed by atoms with van der Waals surface area (Å²) in [5, 5.41) is 4.34. The van der Waals surface area contributed by atoms with Crippen molar-refractivity contribution in [3.8, 4) is 0 Å². The molecule has 0 bridgehead atoms. The van der Waals surface area contributed by atoms with Crippen LogP contribution in [0.25, 0.3) is 10.9 Å². The van der Waals surface area contributed by atoms with Crippen LogP contribution >= 0.6 is 23.2 Å². The second-order valence-corrected chi connectivity index (χ2v) is 6.68. The van der Waals surface area contributed by atoms with E-state index in [-0.39, 0.29) is 6.42 Å². The van der Waals surface area contributed by atoms with Gasteiger partial charge in [-0.2, -0.15) is 0 Å². The van der Waals surface area contributed by atoms with Crippen molar-refractivity contribution in [3.63, 3.8) is 0 Å². The summed E-state index contributed by atoms with van der Waals surface area (Å²) in [6, 6.07) is 13.3. The van der Waals surface area contributed by atoms with Gasteiger partial charge in [0.25, 0.3) is 5.91 Å². The summed E-state index contributed by atoms with van der Waals surface area (Å²) in [5.74, 6) is -1.03. The molecule has 2 aromatic carbocycles. The Hall–Kier alpha value is -2.63. The van der Waals surface area contributed by atoms with Gasteiger partial charge in [0, 0.05) is 28.0 Å². The van der Waals surface area contributed by atoms with Crippen LogP contribution in [-0.2, 0) is 16.0 Å². The number of esters is 1. The van der Waals surface area contributed by atoms with Gasteiger partial charge in [0.1, 0.15) is 6.04 Å². The first kappa shape index (κ1) is 19.1. The lowest BCUT2D eigenvalue weighted by molar-refractivity contribution is -0.142. The Morgan fingerprint density at radius 1 is 1.11 bits per heavy atom. The molecular weight excluding hydrogens is 387 g/mol. The quantitative estimate of drug-likeness (QED) is 0.653. The van der Waals surface area contributed by atoms with E-state index in [4.69, 9.17) is 27.9 Å². The molecule has 0 unspecified atom stereocenters. The van der Waals surface area contributed by atoms with Crippen molar-refractivity contribution in [2.75, 3.05) is 7.11 Å². The highest BCUT2D eigenvalue weighted by atomic mass is 35.5. The lowest BCUT2D eigenvalue weighted by Gasteiger charge is -2.18. The van der Waals surface area contributed by atoms with Gasteiger partial charge in [-0.25, -0.2) is 4.79 Å². The summed E-state index contributed by atoms with van der Waals surface area (Å²) < 4.78 is 4.82. The number of hydrogen-bond donors (Lipinski definition) is 1. The minimum absolute atomic E-state index is 0.109. The first-order valence-electron chi connectivity index (χ1n) is 8.16. The van der Waals surface area contributed by atoms with Crippen molar-refractivity contribution in [1.82, 2.24) is 10.3 Å². The molecule has 0 saturated carbocycles. The van der Waals surface area contributed by atoms with Crippen molar-refractivity contribution in [3.05, 3.63) is 75.9 Å². The van der Waals surface area contributed by atoms with Crippen molar-refractivity contribution < 1.29 is 14.3 Å². The Labute approximate surface area is 166 Å². The van der Waals surface area contributed by atoms with E-state index >= 15 is 0 Å². The average Bonchev–Trinajstić information content (AvgIpc) is 2.68. The Bertz CT molecular complexity index is 987. The van der Waals surface area contributed by atoms with Crippen molar-refractivity contribution >= 4 is 46.0 Å². The summed E-state index contributed by atoms with van der Waals surface area (Å²) in [5.41, 5.74) is 1.68. The molecule has 1 atom stereocenters. The molecule has 0 spiro atoms. The fraction of sp³-hybridized carbons (Fsp3) is 0.150. The van der Waals surface area contributed by atoms with E-state index in [1.54, 1.807) is 24.3 Å². The topological polar surface area (TPSA) is 68.3 Å². The molecular formula is C20H16Cl2N2O3. The fourth-order valence-corrected chi connectivity index (χ4v) is 3.26. The Balaban J connectivity index is 1.85. The molecule has 1 N–H and O–H groups in total. The molecule has 27 heavy (non-hydrogen) atoms. The number of para-hydroxylation sites is 1. The van der Waals surface area contributed by atoms with Gasteiger partial charge in [0.2, 0.25) is 0 Å². The number of benzene rings is 2. The van der Waals surface area contributed by atoms with Gasteiger partial charge in [-0.3, -0.25) is 9.78 Å². The molecule has 0 saturated heterocycles. The summed E-state index contributed by atoms with van der Waals surface area (Å²) in [6.07, 6.45) is 1.58. The second kappa shape index (κ2) is 8.37. The number of ether oxygens (including phenoxy) is 1. The van der Waals surface area contributed by atoms with Crippen LogP contribution < -0.4 is 5.32 Å². The zero-order valence-electron chi connectivity index (χ0n) is 14.4. The lowest BCUT2D eigenvalue weighted by Crippen LogP contribution is -2.43. The SMILES string of the molecule is COC(=O)[C@H](Cc1c(Cl)cccc1Cl)NC(=O)c1cnc2ccccc2c1. The zero-order valence-corrected chi connectivity index (χ0v) is 15.9. The van der Waals surface area contributed by atoms with Gasteiger partial charge in [-0.05, 0) is 29.8 Å². The Morgan fingerprint density at radius 2 is 1.81 bits per heavy atom. The maximum atomic E-state index is 12.7. The number of rotatable bonds is 5. The number of pyridine rings is 1. The molecule has 3 rings (SSSR count). The summed E-state index contributed by atoms with van der Waals surface area (Å²) in [7, 11) is 1.26. The van der Waals surface area contributed by atoms with E-state index in [2.05, 4.69) is 10.3 Å². The summed E-state index contributed by atoms with van der Waals surface area (Å²) >= 11 is 12.4. The molecule has 0 aliphatic rings. The minimum atomic E-state index is -0.939. The lowest BCUT2D eigenvalue weighted by atomic mass is 10.0. The van der Waals surface area contributed by atoms with Gasteiger partial charge in [-0.15, -0.1) is 0 Å². The van der Waals surface area contributed by atoms with Crippen LogP contribution in [0.2, 0.25) is 10.0 Å². The number of halogens is 2. The zero-order chi connectivity index (χ0) is 19.4. The number of fused-ring (bicyclic) bond motifs is 1. The van der Waals surface area contributed by atoms with Gasteiger partial charge < -0.3 is 10.1 Å². The third-order valence-electron chi connectivity index (χ3n) is 4.11. The normalized spacial score (nSPS) is 11.8. The summed E-state index contributed by atoms with van der Waals surface area (Å²) in [6.45, 7) is 0.